The Hall–Kier alpha value is -0.850. The van der Waals surface area contributed by atoms with Crippen molar-refractivity contribution in [2.24, 2.45) is 5.73 Å². The van der Waals surface area contributed by atoms with Crippen LogP contribution in [0.4, 0.5) is 4.79 Å². The molecule has 0 aromatic heterocycles. The fraction of sp³-hybridized carbons (Fsp3) is 0.857. The highest BCUT2D eigenvalue weighted by atomic mass is 16.3. The van der Waals surface area contributed by atoms with E-state index in [-0.39, 0.29) is 12.8 Å². The lowest BCUT2D eigenvalue weighted by Gasteiger charge is -2.33. The number of amides is 2. The molecule has 6 nitrogen and oxygen atoms in total. The first-order valence-electron chi connectivity index (χ1n) is 4.35. The Labute approximate surface area is 77.1 Å². The van der Waals surface area contributed by atoms with Crippen LogP contribution >= 0.6 is 0 Å². The molecule has 0 aliphatic carbocycles. The number of nitrogens with two attached hydrogens (primary N) is 1. The molecule has 1 unspecified atom stereocenters. The van der Waals surface area contributed by atoms with Gasteiger partial charge >= 0.3 is 6.03 Å². The third-order valence-corrected chi connectivity index (χ3v) is 2.07. The number of carbonyl (C=O) groups excluding carboxylic acids is 1. The zero-order valence-corrected chi connectivity index (χ0v) is 7.49. The second kappa shape index (κ2) is 5.00. The van der Waals surface area contributed by atoms with E-state index in [1.807, 2.05) is 4.90 Å². The number of carbonyl (C=O) groups is 1. The first-order valence-corrected chi connectivity index (χ1v) is 4.35. The van der Waals surface area contributed by atoms with Crippen LogP contribution in [0.2, 0.25) is 0 Å². The fourth-order valence-corrected chi connectivity index (χ4v) is 1.41. The highest BCUT2D eigenvalue weighted by Crippen LogP contribution is 1.97. The summed E-state index contributed by atoms with van der Waals surface area (Å²) in [5.74, 6) is 0. The standard InChI is InChI=1S/C7H16N4O2/c8-7(13)10-6(5-12)11-3-1-9-2-4-11/h6,9,12H,1-5H2,(H3,8,10,13). The van der Waals surface area contributed by atoms with Gasteiger partial charge in [-0.05, 0) is 0 Å². The van der Waals surface area contributed by atoms with Crippen LogP contribution in [0.25, 0.3) is 0 Å². The molecule has 76 valence electrons. The number of aliphatic hydroxyl groups is 1. The summed E-state index contributed by atoms with van der Waals surface area (Å²) in [5.41, 5.74) is 4.97. The Morgan fingerprint density at radius 1 is 1.62 bits per heavy atom. The Bertz CT molecular complexity index is 170. The Morgan fingerprint density at radius 2 is 2.23 bits per heavy atom. The molecule has 0 saturated carbocycles. The van der Waals surface area contributed by atoms with Crippen LogP contribution in [0.1, 0.15) is 0 Å². The molecule has 1 fully saturated rings. The van der Waals surface area contributed by atoms with Gasteiger partial charge in [0.1, 0.15) is 6.17 Å². The average Bonchev–Trinajstić information content (AvgIpc) is 2.15. The Morgan fingerprint density at radius 3 is 2.69 bits per heavy atom. The van der Waals surface area contributed by atoms with Crippen LogP contribution in [0.3, 0.4) is 0 Å². The van der Waals surface area contributed by atoms with Gasteiger partial charge in [-0.2, -0.15) is 0 Å². The smallest absolute Gasteiger partial charge is 0.313 e. The predicted octanol–water partition coefficient (Wildman–Crippen LogP) is -2.12. The molecule has 0 spiro atoms. The van der Waals surface area contributed by atoms with E-state index in [9.17, 15) is 4.79 Å². The number of hydrogen-bond donors (Lipinski definition) is 4. The summed E-state index contributed by atoms with van der Waals surface area (Å²) in [5, 5.41) is 14.7. The van der Waals surface area contributed by atoms with E-state index in [0.717, 1.165) is 26.2 Å². The van der Waals surface area contributed by atoms with Gasteiger partial charge in [-0.15, -0.1) is 0 Å². The van der Waals surface area contributed by atoms with Crippen molar-refractivity contribution in [3.8, 4) is 0 Å². The van der Waals surface area contributed by atoms with Gasteiger partial charge in [0.25, 0.3) is 0 Å². The van der Waals surface area contributed by atoms with Crippen LogP contribution in [0.15, 0.2) is 0 Å². The molecule has 5 N–H and O–H groups in total. The van der Waals surface area contributed by atoms with Gasteiger partial charge in [0.2, 0.25) is 0 Å². The summed E-state index contributed by atoms with van der Waals surface area (Å²) in [7, 11) is 0. The zero-order valence-electron chi connectivity index (χ0n) is 7.49. The van der Waals surface area contributed by atoms with E-state index in [0.29, 0.717) is 0 Å². The highest BCUT2D eigenvalue weighted by molar-refractivity contribution is 5.71. The fourth-order valence-electron chi connectivity index (χ4n) is 1.41. The number of urea groups is 1. The van der Waals surface area contributed by atoms with Gasteiger partial charge in [-0.1, -0.05) is 0 Å². The molecule has 1 heterocycles. The van der Waals surface area contributed by atoms with E-state index in [1.54, 1.807) is 0 Å². The van der Waals surface area contributed by atoms with E-state index in [2.05, 4.69) is 10.6 Å². The van der Waals surface area contributed by atoms with Gasteiger partial charge in [-0.3, -0.25) is 4.90 Å². The van der Waals surface area contributed by atoms with Crippen molar-refractivity contribution >= 4 is 6.03 Å². The van der Waals surface area contributed by atoms with Gasteiger partial charge in [0.05, 0.1) is 6.61 Å². The number of hydrogen-bond acceptors (Lipinski definition) is 4. The van der Waals surface area contributed by atoms with Crippen LogP contribution in [-0.4, -0.2) is 55.0 Å². The first-order chi connectivity index (χ1) is 6.24. The molecular formula is C7H16N4O2. The van der Waals surface area contributed by atoms with Crippen molar-refractivity contribution in [2.45, 2.75) is 6.17 Å². The minimum atomic E-state index is -0.599. The lowest BCUT2D eigenvalue weighted by atomic mass is 10.3. The van der Waals surface area contributed by atoms with Gasteiger partial charge in [0, 0.05) is 26.2 Å². The SMILES string of the molecule is NC(=O)NC(CO)N1CCNCC1. The predicted molar refractivity (Wildman–Crippen MR) is 48.0 cm³/mol. The van der Waals surface area contributed by atoms with Gasteiger partial charge < -0.3 is 21.5 Å². The Balaban J connectivity index is 2.39. The minimum absolute atomic E-state index is 0.108. The van der Waals surface area contributed by atoms with Gasteiger partial charge in [-0.25, -0.2) is 4.79 Å². The van der Waals surface area contributed by atoms with Crippen molar-refractivity contribution in [1.29, 1.82) is 0 Å². The number of nitrogens with one attached hydrogen (secondary N) is 2. The maximum absolute atomic E-state index is 10.6. The topological polar surface area (TPSA) is 90.6 Å². The summed E-state index contributed by atoms with van der Waals surface area (Å²) in [6.45, 7) is 3.26. The van der Waals surface area contributed by atoms with Crippen LogP contribution in [-0.2, 0) is 0 Å². The number of primary amides is 1. The largest absolute Gasteiger partial charge is 0.393 e. The van der Waals surface area contributed by atoms with E-state index in [1.165, 1.54) is 0 Å². The molecule has 1 atom stereocenters. The van der Waals surface area contributed by atoms with Crippen LogP contribution < -0.4 is 16.4 Å². The lowest BCUT2D eigenvalue weighted by Crippen LogP contribution is -2.57. The Kier molecular flexibility index (Phi) is 3.94. The van der Waals surface area contributed by atoms with Crippen molar-refractivity contribution in [3.05, 3.63) is 0 Å². The van der Waals surface area contributed by atoms with Crippen molar-refractivity contribution < 1.29 is 9.90 Å². The van der Waals surface area contributed by atoms with Crippen molar-refractivity contribution in [1.82, 2.24) is 15.5 Å². The lowest BCUT2D eigenvalue weighted by molar-refractivity contribution is 0.0940. The summed E-state index contributed by atoms with van der Waals surface area (Å²) in [6.07, 6.45) is -0.348. The van der Waals surface area contributed by atoms with Crippen LogP contribution in [0.5, 0.6) is 0 Å². The summed E-state index contributed by atoms with van der Waals surface area (Å²) >= 11 is 0. The quantitative estimate of drug-likeness (QED) is 0.407. The molecule has 1 rings (SSSR count). The van der Waals surface area contributed by atoms with Gasteiger partial charge in [0.15, 0.2) is 0 Å². The third-order valence-electron chi connectivity index (χ3n) is 2.07. The normalized spacial score (nSPS) is 21.0. The van der Waals surface area contributed by atoms with E-state index < -0.39 is 6.03 Å². The minimum Gasteiger partial charge on any atom is -0.393 e. The second-order valence-electron chi connectivity index (χ2n) is 2.99. The van der Waals surface area contributed by atoms with Crippen LogP contribution in [0, 0.1) is 0 Å². The number of nitrogens with zero attached hydrogens (tertiary/aromatic N) is 1. The number of rotatable bonds is 3. The second-order valence-corrected chi connectivity index (χ2v) is 2.99. The molecule has 6 heteroatoms. The molecule has 0 aromatic carbocycles. The average molecular weight is 188 g/mol. The molecular weight excluding hydrogens is 172 g/mol. The molecule has 0 aromatic rings. The highest BCUT2D eigenvalue weighted by Gasteiger charge is 2.19. The van der Waals surface area contributed by atoms with E-state index in [4.69, 9.17) is 10.8 Å². The van der Waals surface area contributed by atoms with E-state index >= 15 is 0 Å². The van der Waals surface area contributed by atoms with Crippen molar-refractivity contribution in [3.63, 3.8) is 0 Å². The molecule has 2 amide bonds. The molecule has 13 heavy (non-hydrogen) atoms. The maximum atomic E-state index is 10.6. The maximum Gasteiger partial charge on any atom is 0.313 e. The summed E-state index contributed by atoms with van der Waals surface area (Å²) in [6, 6.07) is -0.599. The number of aliphatic hydroxyl groups excluding tert-OH is 1. The zero-order chi connectivity index (χ0) is 9.68. The molecule has 0 radical (unpaired) electrons. The molecule has 1 aliphatic rings. The molecule has 1 aliphatic heterocycles. The summed E-state index contributed by atoms with van der Waals surface area (Å²) in [4.78, 5) is 12.6. The molecule has 1 saturated heterocycles. The third kappa shape index (κ3) is 3.17. The number of piperazine rings is 1. The first kappa shape index (κ1) is 10.2. The summed E-state index contributed by atoms with van der Waals surface area (Å²) < 4.78 is 0. The molecule has 0 bridgehead atoms. The monoisotopic (exact) mass is 188 g/mol. The van der Waals surface area contributed by atoms with Crippen molar-refractivity contribution in [2.75, 3.05) is 32.8 Å².